The van der Waals surface area contributed by atoms with Crippen LogP contribution in [0.15, 0.2) is 29.2 Å². The van der Waals surface area contributed by atoms with Gasteiger partial charge in [0.05, 0.1) is 0 Å². The summed E-state index contributed by atoms with van der Waals surface area (Å²) in [6.07, 6.45) is 0. The van der Waals surface area contributed by atoms with E-state index < -0.39 is 20.8 Å². The van der Waals surface area contributed by atoms with E-state index in [1.807, 2.05) is 0 Å². The van der Waals surface area contributed by atoms with E-state index in [-0.39, 0.29) is 37.7 Å². The van der Waals surface area contributed by atoms with Gasteiger partial charge in [0.2, 0.25) is 0 Å². The second-order valence-electron chi connectivity index (χ2n) is 1.94. The van der Waals surface area contributed by atoms with Crippen LogP contribution in [0.25, 0.3) is 0 Å². The SMILES string of the molecule is O=S(=O)(O)c1ccccc1O.[CaH2]. The van der Waals surface area contributed by atoms with Crippen molar-refractivity contribution in [1.82, 2.24) is 0 Å². The standard InChI is InChI=1S/C6H6O4S.Ca.2H/c7-5-3-1-2-4-6(5)11(8,9)10;;;/h1-4,7H,(H,8,9,10);;;. The van der Waals surface area contributed by atoms with E-state index in [0.717, 1.165) is 6.07 Å². The van der Waals surface area contributed by atoms with Crippen LogP contribution in [0.3, 0.4) is 0 Å². The molecule has 0 unspecified atom stereocenters. The van der Waals surface area contributed by atoms with Gasteiger partial charge in [-0.3, -0.25) is 4.55 Å². The molecule has 0 aliphatic carbocycles. The van der Waals surface area contributed by atoms with E-state index in [1.54, 1.807) is 0 Å². The fourth-order valence-corrected chi connectivity index (χ4v) is 1.26. The van der Waals surface area contributed by atoms with Crippen LogP contribution in [0, 0.1) is 0 Å². The molecule has 0 heterocycles. The zero-order valence-corrected chi connectivity index (χ0v) is 6.25. The number of phenolic OH excluding ortho intramolecular Hbond substituents is 1. The quantitative estimate of drug-likeness (QED) is 0.500. The fraction of sp³-hybridized carbons (Fsp3) is 0. The summed E-state index contributed by atoms with van der Waals surface area (Å²) in [7, 11) is -4.28. The average Bonchev–Trinajstić information content (AvgIpc) is 1.86. The second-order valence-corrected chi connectivity index (χ2v) is 3.33. The number of hydrogen-bond acceptors (Lipinski definition) is 3. The molecule has 1 aromatic carbocycles. The van der Waals surface area contributed by atoms with E-state index in [4.69, 9.17) is 9.66 Å². The Bertz CT molecular complexity index is 360. The summed E-state index contributed by atoms with van der Waals surface area (Å²) in [5, 5.41) is 8.91. The van der Waals surface area contributed by atoms with Crippen LogP contribution >= 0.6 is 0 Å². The van der Waals surface area contributed by atoms with Crippen LogP contribution in [-0.4, -0.2) is 55.8 Å². The molecule has 0 saturated heterocycles. The molecule has 0 aromatic heterocycles. The molecule has 64 valence electrons. The molecule has 12 heavy (non-hydrogen) atoms. The molecule has 0 atom stereocenters. The van der Waals surface area contributed by atoms with Gasteiger partial charge in [0, 0.05) is 0 Å². The van der Waals surface area contributed by atoms with Crippen LogP contribution < -0.4 is 0 Å². The van der Waals surface area contributed by atoms with Crippen molar-refractivity contribution in [3.63, 3.8) is 0 Å². The van der Waals surface area contributed by atoms with Crippen LogP contribution in [0.4, 0.5) is 0 Å². The van der Waals surface area contributed by atoms with Crippen molar-refractivity contribution in [3.8, 4) is 5.75 Å². The predicted molar refractivity (Wildman–Crippen MR) is 46.5 cm³/mol. The van der Waals surface area contributed by atoms with Gasteiger partial charge in [-0.25, -0.2) is 0 Å². The maximum absolute atomic E-state index is 10.4. The molecule has 0 bridgehead atoms. The predicted octanol–water partition coefficient (Wildman–Crippen LogP) is -0.277. The third-order valence-electron chi connectivity index (χ3n) is 1.14. The summed E-state index contributed by atoms with van der Waals surface area (Å²) in [6, 6.07) is 5.17. The molecular formula is C6H8CaO4S. The van der Waals surface area contributed by atoms with Gasteiger partial charge < -0.3 is 5.11 Å². The van der Waals surface area contributed by atoms with Gasteiger partial charge in [-0.1, -0.05) is 12.1 Å². The van der Waals surface area contributed by atoms with Crippen molar-refractivity contribution in [2.45, 2.75) is 4.90 Å². The minimum absolute atomic E-state index is 0. The Morgan fingerprint density at radius 2 is 1.67 bits per heavy atom. The van der Waals surface area contributed by atoms with Gasteiger partial charge in [-0.2, -0.15) is 8.42 Å². The zero-order chi connectivity index (χ0) is 8.48. The molecule has 0 spiro atoms. The third-order valence-corrected chi connectivity index (χ3v) is 2.04. The van der Waals surface area contributed by atoms with Gasteiger partial charge >= 0.3 is 37.7 Å². The molecular weight excluding hydrogens is 208 g/mol. The van der Waals surface area contributed by atoms with E-state index >= 15 is 0 Å². The first-order valence-corrected chi connectivity index (χ1v) is 4.21. The third kappa shape index (κ3) is 2.91. The molecule has 4 nitrogen and oxygen atoms in total. The summed E-state index contributed by atoms with van der Waals surface area (Å²) in [5.74, 6) is -0.449. The molecule has 0 amide bonds. The van der Waals surface area contributed by atoms with Gasteiger partial charge in [0.25, 0.3) is 10.1 Å². The summed E-state index contributed by atoms with van der Waals surface area (Å²) in [5.41, 5.74) is 0. The number of aromatic hydroxyl groups is 1. The molecule has 0 radical (unpaired) electrons. The Hall–Kier alpha value is 0.190. The van der Waals surface area contributed by atoms with Gasteiger partial charge in [-0.05, 0) is 12.1 Å². The van der Waals surface area contributed by atoms with E-state index in [1.165, 1.54) is 18.2 Å². The number of phenols is 1. The van der Waals surface area contributed by atoms with Crippen molar-refractivity contribution >= 4 is 47.9 Å². The summed E-state index contributed by atoms with van der Waals surface area (Å²) in [4.78, 5) is -0.472. The fourth-order valence-electron chi connectivity index (χ4n) is 0.675. The number of rotatable bonds is 1. The van der Waals surface area contributed by atoms with Crippen LogP contribution in [0.5, 0.6) is 5.75 Å². The average molecular weight is 216 g/mol. The van der Waals surface area contributed by atoms with Crippen molar-refractivity contribution in [2.24, 2.45) is 0 Å². The summed E-state index contributed by atoms with van der Waals surface area (Å²) in [6.45, 7) is 0. The molecule has 0 fully saturated rings. The van der Waals surface area contributed by atoms with E-state index in [0.29, 0.717) is 0 Å². The molecule has 6 heteroatoms. The minimum atomic E-state index is -4.28. The Morgan fingerprint density at radius 3 is 2.00 bits per heavy atom. The number of para-hydroxylation sites is 1. The van der Waals surface area contributed by atoms with Crippen molar-refractivity contribution in [3.05, 3.63) is 24.3 Å². The first kappa shape index (κ1) is 12.2. The van der Waals surface area contributed by atoms with E-state index in [2.05, 4.69) is 0 Å². The first-order chi connectivity index (χ1) is 5.02. The van der Waals surface area contributed by atoms with Crippen molar-refractivity contribution in [1.29, 1.82) is 0 Å². The topological polar surface area (TPSA) is 74.6 Å². The normalized spacial score (nSPS) is 10.4. The second kappa shape index (κ2) is 4.43. The van der Waals surface area contributed by atoms with Crippen LogP contribution in [-0.2, 0) is 10.1 Å². The van der Waals surface area contributed by atoms with E-state index in [9.17, 15) is 8.42 Å². The molecule has 2 N–H and O–H groups in total. The molecule has 0 aliphatic rings. The monoisotopic (exact) mass is 216 g/mol. The van der Waals surface area contributed by atoms with Crippen LogP contribution in [0.2, 0.25) is 0 Å². The number of benzene rings is 1. The Labute approximate surface area is 100.0 Å². The molecule has 0 saturated carbocycles. The molecule has 0 aliphatic heterocycles. The zero-order valence-electron chi connectivity index (χ0n) is 5.43. The summed E-state index contributed by atoms with van der Waals surface area (Å²) < 4.78 is 29.4. The summed E-state index contributed by atoms with van der Waals surface area (Å²) >= 11 is 0. The maximum atomic E-state index is 10.4. The number of hydrogen-bond donors (Lipinski definition) is 2. The Morgan fingerprint density at radius 1 is 1.17 bits per heavy atom. The molecule has 1 rings (SSSR count). The van der Waals surface area contributed by atoms with Gasteiger partial charge in [-0.15, -0.1) is 0 Å². The first-order valence-electron chi connectivity index (χ1n) is 2.77. The Kier molecular flexibility index (Phi) is 4.50. The van der Waals surface area contributed by atoms with Crippen molar-refractivity contribution in [2.75, 3.05) is 0 Å². The van der Waals surface area contributed by atoms with Crippen LogP contribution in [0.1, 0.15) is 0 Å². The van der Waals surface area contributed by atoms with Gasteiger partial charge in [0.1, 0.15) is 10.6 Å². The van der Waals surface area contributed by atoms with Gasteiger partial charge in [0.15, 0.2) is 0 Å². The molecule has 1 aromatic rings. The Balaban J connectivity index is 0.00000121. The van der Waals surface area contributed by atoms with Crippen molar-refractivity contribution < 1.29 is 18.1 Å².